The summed E-state index contributed by atoms with van der Waals surface area (Å²) in [5.41, 5.74) is 7.40. The fourth-order valence-electron chi connectivity index (χ4n) is 4.37. The van der Waals surface area contributed by atoms with Crippen molar-refractivity contribution in [1.82, 2.24) is 15.3 Å². The number of H-pyrrole nitrogens is 1. The first kappa shape index (κ1) is 22.1. The minimum Gasteiger partial charge on any atom is -0.346 e. The molecule has 1 aliphatic carbocycles. The summed E-state index contributed by atoms with van der Waals surface area (Å²) in [5.74, 6) is -0.315. The Morgan fingerprint density at radius 1 is 1.12 bits per heavy atom. The van der Waals surface area contributed by atoms with Gasteiger partial charge in [-0.15, -0.1) is 0 Å². The number of rotatable bonds is 7. The monoisotopic (exact) mass is 438 g/mol. The topological polar surface area (TPSA) is 83.8 Å². The highest BCUT2D eigenvalue weighted by Gasteiger charge is 2.28. The van der Waals surface area contributed by atoms with Gasteiger partial charge in [-0.3, -0.25) is 4.79 Å². The third kappa shape index (κ3) is 5.22. The van der Waals surface area contributed by atoms with E-state index in [-0.39, 0.29) is 17.4 Å². The van der Waals surface area contributed by atoms with E-state index in [2.05, 4.69) is 15.3 Å². The van der Waals surface area contributed by atoms with Gasteiger partial charge >= 0.3 is 0 Å². The van der Waals surface area contributed by atoms with E-state index < -0.39 is 17.7 Å². The van der Waals surface area contributed by atoms with Crippen molar-refractivity contribution in [2.24, 2.45) is 17.6 Å². The van der Waals surface area contributed by atoms with Crippen LogP contribution in [0.4, 0.5) is 8.78 Å². The number of aromatic amines is 1. The first-order valence-corrected chi connectivity index (χ1v) is 11.1. The number of hydrogen-bond acceptors (Lipinski definition) is 3. The average molecular weight is 439 g/mol. The lowest BCUT2D eigenvalue weighted by Gasteiger charge is -2.28. The summed E-state index contributed by atoms with van der Waals surface area (Å²) in [5, 5.41) is 3.16. The summed E-state index contributed by atoms with van der Waals surface area (Å²) in [6.07, 6.45) is 5.72. The lowest BCUT2D eigenvalue weighted by molar-refractivity contribution is -0.127. The summed E-state index contributed by atoms with van der Waals surface area (Å²) in [6.45, 7) is 0.667. The van der Waals surface area contributed by atoms with E-state index in [1.807, 2.05) is 30.3 Å². The number of aromatic nitrogens is 2. The average Bonchev–Trinajstić information content (AvgIpc) is 3.29. The van der Waals surface area contributed by atoms with E-state index in [0.29, 0.717) is 30.4 Å². The van der Waals surface area contributed by atoms with Crippen LogP contribution >= 0.6 is 0 Å². The van der Waals surface area contributed by atoms with Crippen molar-refractivity contribution in [1.29, 1.82) is 0 Å². The summed E-state index contributed by atoms with van der Waals surface area (Å²) >= 11 is 0. The lowest BCUT2D eigenvalue weighted by atomic mass is 9.81. The Hall–Kier alpha value is -3.06. The van der Waals surface area contributed by atoms with Crippen LogP contribution in [-0.4, -0.2) is 22.4 Å². The van der Waals surface area contributed by atoms with Crippen molar-refractivity contribution in [3.63, 3.8) is 0 Å². The zero-order valence-electron chi connectivity index (χ0n) is 17.9. The molecule has 0 bridgehead atoms. The van der Waals surface area contributed by atoms with Gasteiger partial charge in [-0.1, -0.05) is 30.3 Å². The van der Waals surface area contributed by atoms with Crippen molar-refractivity contribution in [3.05, 3.63) is 77.8 Å². The van der Waals surface area contributed by atoms with E-state index in [1.54, 1.807) is 6.20 Å². The predicted octanol–water partition coefficient (Wildman–Crippen LogP) is 4.52. The van der Waals surface area contributed by atoms with Crippen LogP contribution in [-0.2, 0) is 11.2 Å². The molecule has 168 valence electrons. The molecular weight excluding hydrogens is 410 g/mol. The van der Waals surface area contributed by atoms with Crippen LogP contribution in [0, 0.1) is 23.5 Å². The van der Waals surface area contributed by atoms with Gasteiger partial charge in [0.15, 0.2) is 0 Å². The van der Waals surface area contributed by atoms with E-state index in [4.69, 9.17) is 5.73 Å². The first-order valence-electron chi connectivity index (χ1n) is 11.1. The Kier molecular flexibility index (Phi) is 6.95. The number of nitrogens with zero attached hydrogens (tertiary/aromatic N) is 1. The molecule has 0 radical (unpaired) electrons. The number of nitrogens with one attached hydrogen (secondary N) is 2. The smallest absolute Gasteiger partial charge is 0.223 e. The second-order valence-corrected chi connectivity index (χ2v) is 8.50. The molecular formula is C25H28F2N4O. The van der Waals surface area contributed by atoms with Gasteiger partial charge in [0, 0.05) is 23.7 Å². The number of benzene rings is 2. The molecule has 1 amide bonds. The Bertz CT molecular complexity index is 1050. The van der Waals surface area contributed by atoms with Gasteiger partial charge in [-0.25, -0.2) is 13.8 Å². The van der Waals surface area contributed by atoms with Crippen molar-refractivity contribution < 1.29 is 13.6 Å². The van der Waals surface area contributed by atoms with Gasteiger partial charge in [0.1, 0.15) is 17.5 Å². The van der Waals surface area contributed by atoms with E-state index in [9.17, 15) is 13.6 Å². The van der Waals surface area contributed by atoms with Crippen LogP contribution < -0.4 is 11.1 Å². The largest absolute Gasteiger partial charge is 0.346 e. The molecule has 4 rings (SSSR count). The van der Waals surface area contributed by atoms with E-state index in [0.717, 1.165) is 37.3 Å². The fraction of sp³-hybridized carbons (Fsp3) is 0.360. The Morgan fingerprint density at radius 2 is 1.88 bits per heavy atom. The number of carbonyl (C=O) groups excluding carboxylic acids is 1. The van der Waals surface area contributed by atoms with Gasteiger partial charge in [0.2, 0.25) is 5.91 Å². The minimum absolute atomic E-state index is 0.00677. The summed E-state index contributed by atoms with van der Waals surface area (Å²) < 4.78 is 27.5. The van der Waals surface area contributed by atoms with Crippen LogP contribution in [0.25, 0.3) is 11.3 Å². The molecule has 1 heterocycles. The minimum atomic E-state index is -0.677. The van der Waals surface area contributed by atoms with Gasteiger partial charge in [-0.2, -0.15) is 0 Å². The molecule has 1 aliphatic rings. The molecule has 1 atom stereocenters. The maximum atomic E-state index is 14.2. The number of nitrogens with two attached hydrogens (primary N) is 1. The Morgan fingerprint density at radius 3 is 2.56 bits per heavy atom. The number of hydrogen-bond donors (Lipinski definition) is 3. The second-order valence-electron chi connectivity index (χ2n) is 8.50. The van der Waals surface area contributed by atoms with Gasteiger partial charge in [0.25, 0.3) is 0 Å². The molecule has 0 aliphatic heterocycles. The van der Waals surface area contributed by atoms with E-state index in [1.165, 1.54) is 12.1 Å². The highest BCUT2D eigenvalue weighted by atomic mass is 19.1. The quantitative estimate of drug-likeness (QED) is 0.507. The number of imidazole rings is 1. The lowest BCUT2D eigenvalue weighted by Crippen LogP contribution is -2.37. The fourth-order valence-corrected chi connectivity index (χ4v) is 4.37. The molecule has 1 aromatic heterocycles. The zero-order valence-corrected chi connectivity index (χ0v) is 17.9. The molecule has 0 saturated heterocycles. The van der Waals surface area contributed by atoms with Crippen LogP contribution in [0.3, 0.4) is 0 Å². The molecule has 32 heavy (non-hydrogen) atoms. The van der Waals surface area contributed by atoms with Crippen molar-refractivity contribution >= 4 is 5.91 Å². The van der Waals surface area contributed by atoms with Crippen molar-refractivity contribution in [3.8, 4) is 11.3 Å². The third-order valence-electron chi connectivity index (χ3n) is 6.28. The highest BCUT2D eigenvalue weighted by Crippen LogP contribution is 2.30. The van der Waals surface area contributed by atoms with Crippen molar-refractivity contribution in [2.45, 2.75) is 38.1 Å². The molecule has 1 fully saturated rings. The van der Waals surface area contributed by atoms with Gasteiger partial charge in [-0.05, 0) is 62.3 Å². The maximum absolute atomic E-state index is 14.2. The zero-order chi connectivity index (χ0) is 22.5. The number of carbonyl (C=O) groups is 1. The molecule has 1 unspecified atom stereocenters. The SMILES string of the molecule is NCC1CCC(C(=O)NC(Cc2ccccc2)c2nc(-c3ccc(F)cc3F)c[nH]2)CC1. The molecule has 7 heteroatoms. The second kappa shape index (κ2) is 10.0. The molecule has 0 spiro atoms. The summed E-state index contributed by atoms with van der Waals surface area (Å²) in [7, 11) is 0. The summed E-state index contributed by atoms with van der Waals surface area (Å²) in [6, 6.07) is 12.8. The molecule has 1 saturated carbocycles. The van der Waals surface area contributed by atoms with Crippen LogP contribution in [0.2, 0.25) is 0 Å². The maximum Gasteiger partial charge on any atom is 0.223 e. The van der Waals surface area contributed by atoms with Gasteiger partial charge in [0.05, 0.1) is 11.7 Å². The van der Waals surface area contributed by atoms with Gasteiger partial charge < -0.3 is 16.0 Å². The normalized spacial score (nSPS) is 19.5. The number of amides is 1. The van der Waals surface area contributed by atoms with Crippen molar-refractivity contribution in [2.75, 3.05) is 6.54 Å². The van der Waals surface area contributed by atoms with Crippen LogP contribution in [0.5, 0.6) is 0 Å². The molecule has 3 aromatic rings. The number of halogens is 2. The van der Waals surface area contributed by atoms with E-state index >= 15 is 0 Å². The Balaban J connectivity index is 1.54. The molecule has 4 N–H and O–H groups in total. The standard InChI is InChI=1S/C25H28F2N4O/c26-19-10-11-20(21(27)13-19)23-15-29-24(30-23)22(12-16-4-2-1-3-5-16)31-25(32)18-8-6-17(14-28)7-9-18/h1-5,10-11,13,15,17-18,22H,6-9,12,14,28H2,(H,29,30)(H,31,32). The van der Waals surface area contributed by atoms with Crippen LogP contribution in [0.1, 0.15) is 43.1 Å². The Labute approximate surface area is 186 Å². The molecule has 2 aromatic carbocycles. The van der Waals surface area contributed by atoms with Crippen LogP contribution in [0.15, 0.2) is 54.7 Å². The molecule has 5 nitrogen and oxygen atoms in total. The third-order valence-corrected chi connectivity index (χ3v) is 6.28. The highest BCUT2D eigenvalue weighted by molar-refractivity contribution is 5.79. The summed E-state index contributed by atoms with van der Waals surface area (Å²) in [4.78, 5) is 20.7. The first-order chi connectivity index (χ1) is 15.5. The predicted molar refractivity (Wildman–Crippen MR) is 119 cm³/mol.